The summed E-state index contributed by atoms with van der Waals surface area (Å²) in [5.41, 5.74) is 1.06. The van der Waals surface area contributed by atoms with E-state index >= 15 is 0 Å². The Hall–Kier alpha value is -1.90. The molecule has 0 amide bonds. The summed E-state index contributed by atoms with van der Waals surface area (Å²) in [6, 6.07) is 19.2. The van der Waals surface area contributed by atoms with Crippen LogP contribution in [0.2, 0.25) is 10.2 Å². The highest BCUT2D eigenvalue weighted by molar-refractivity contribution is 6.43. The van der Waals surface area contributed by atoms with Crippen LogP contribution in [-0.4, -0.2) is 11.3 Å². The molecule has 0 unspecified atom stereocenters. The number of nitrogens with zero attached hydrogens (tertiary/aromatic N) is 1. The number of para-hydroxylation sites is 1. The second-order valence-electron chi connectivity index (χ2n) is 3.92. The summed E-state index contributed by atoms with van der Waals surface area (Å²) in [5.74, 6) is 0. The fourth-order valence-electron chi connectivity index (χ4n) is 1.68. The Morgan fingerprint density at radius 2 is 1.40 bits per heavy atom. The van der Waals surface area contributed by atoms with Gasteiger partial charge in [-0.05, 0) is 6.07 Å². The van der Waals surface area contributed by atoms with E-state index in [2.05, 4.69) is 4.98 Å². The summed E-state index contributed by atoms with van der Waals surface area (Å²) in [7, 11) is 0. The molecule has 3 rings (SSSR count). The van der Waals surface area contributed by atoms with E-state index in [0.29, 0.717) is 17.4 Å². The summed E-state index contributed by atoms with van der Waals surface area (Å²) >= 11 is 11.6. The molecule has 0 atom stereocenters. The van der Waals surface area contributed by atoms with Gasteiger partial charge < -0.3 is 0 Å². The van der Waals surface area contributed by atoms with E-state index in [1.54, 1.807) is 12.1 Å². The maximum Gasteiger partial charge on any atom is 0.152 e. The molecule has 0 saturated carbocycles. The normalized spacial score (nSPS) is 9.70. The quantitative estimate of drug-likeness (QED) is 0.465. The average Bonchev–Trinajstić information content (AvgIpc) is 2.51. The van der Waals surface area contributed by atoms with Crippen molar-refractivity contribution in [3.05, 3.63) is 76.4 Å². The van der Waals surface area contributed by atoms with Crippen LogP contribution in [0.1, 0.15) is 10.4 Å². The zero-order chi connectivity index (χ0) is 14.4. The van der Waals surface area contributed by atoms with Gasteiger partial charge in [0.2, 0.25) is 0 Å². The van der Waals surface area contributed by atoms with Crippen molar-refractivity contribution >= 4 is 40.4 Å². The molecule has 3 aromatic rings. The molecule has 20 heavy (non-hydrogen) atoms. The van der Waals surface area contributed by atoms with Gasteiger partial charge in [-0.2, -0.15) is 0 Å². The Balaban J connectivity index is 0.000000205. The average molecular weight is 304 g/mol. The number of hydrogen-bond acceptors (Lipinski definition) is 2. The molecule has 0 spiro atoms. The number of aldehydes is 1. The van der Waals surface area contributed by atoms with Gasteiger partial charge >= 0.3 is 0 Å². The van der Waals surface area contributed by atoms with Gasteiger partial charge in [-0.3, -0.25) is 4.79 Å². The molecular formula is C16H11Cl2NO. The Morgan fingerprint density at radius 3 is 1.95 bits per heavy atom. The second-order valence-corrected chi connectivity index (χ2v) is 4.66. The van der Waals surface area contributed by atoms with Crippen molar-refractivity contribution < 1.29 is 4.79 Å². The first kappa shape index (κ1) is 14.5. The van der Waals surface area contributed by atoms with Crippen molar-refractivity contribution in [1.29, 1.82) is 0 Å². The number of hydrogen-bond donors (Lipinski definition) is 0. The van der Waals surface area contributed by atoms with Crippen LogP contribution in [0.3, 0.4) is 0 Å². The smallest absolute Gasteiger partial charge is 0.152 e. The maximum absolute atomic E-state index is 10.8. The number of benzene rings is 2. The van der Waals surface area contributed by atoms with Crippen molar-refractivity contribution in [2.75, 3.05) is 0 Å². The van der Waals surface area contributed by atoms with Gasteiger partial charge in [-0.1, -0.05) is 77.8 Å². The highest BCUT2D eigenvalue weighted by Gasteiger charge is 2.10. The number of halogens is 2. The van der Waals surface area contributed by atoms with Crippen molar-refractivity contribution in [3.63, 3.8) is 0 Å². The number of aromatic nitrogens is 1. The van der Waals surface area contributed by atoms with Crippen LogP contribution in [0, 0.1) is 0 Å². The molecule has 0 aliphatic heterocycles. The third-order valence-corrected chi connectivity index (χ3v) is 3.37. The Labute approximate surface area is 127 Å². The van der Waals surface area contributed by atoms with Crippen LogP contribution in [0.5, 0.6) is 0 Å². The van der Waals surface area contributed by atoms with Crippen LogP contribution < -0.4 is 0 Å². The number of fused-ring (bicyclic) bond motifs is 1. The third-order valence-electron chi connectivity index (χ3n) is 2.61. The predicted octanol–water partition coefficient (Wildman–Crippen LogP) is 5.04. The van der Waals surface area contributed by atoms with Crippen molar-refractivity contribution in [2.24, 2.45) is 0 Å². The largest absolute Gasteiger partial charge is 0.298 e. The summed E-state index contributed by atoms with van der Waals surface area (Å²) in [4.78, 5) is 14.9. The summed E-state index contributed by atoms with van der Waals surface area (Å²) < 4.78 is 0. The van der Waals surface area contributed by atoms with Crippen LogP contribution >= 0.6 is 23.2 Å². The zero-order valence-corrected chi connectivity index (χ0v) is 12.0. The van der Waals surface area contributed by atoms with E-state index < -0.39 is 0 Å². The molecule has 2 aromatic carbocycles. The molecule has 2 nitrogen and oxygen atoms in total. The van der Waals surface area contributed by atoms with Crippen LogP contribution in [0.4, 0.5) is 0 Å². The number of carbonyl (C=O) groups is 1. The fraction of sp³-hybridized carbons (Fsp3) is 0. The first-order chi connectivity index (χ1) is 9.74. The number of carbonyl (C=O) groups excluding carboxylic acids is 1. The lowest BCUT2D eigenvalue weighted by Crippen LogP contribution is -1.90. The lowest BCUT2D eigenvalue weighted by Gasteiger charge is -2.03. The molecular weight excluding hydrogens is 293 g/mol. The van der Waals surface area contributed by atoms with Gasteiger partial charge in [0.15, 0.2) is 6.29 Å². The van der Waals surface area contributed by atoms with Crippen LogP contribution in [0.15, 0.2) is 60.7 Å². The molecule has 0 saturated heterocycles. The predicted molar refractivity (Wildman–Crippen MR) is 83.6 cm³/mol. The summed E-state index contributed by atoms with van der Waals surface area (Å²) in [6.45, 7) is 0. The Morgan fingerprint density at radius 1 is 0.850 bits per heavy atom. The van der Waals surface area contributed by atoms with Gasteiger partial charge in [-0.25, -0.2) is 4.98 Å². The van der Waals surface area contributed by atoms with Gasteiger partial charge in [0.05, 0.1) is 10.5 Å². The monoisotopic (exact) mass is 303 g/mol. The molecule has 4 heteroatoms. The molecule has 100 valence electrons. The van der Waals surface area contributed by atoms with Gasteiger partial charge in [0.25, 0.3) is 0 Å². The van der Waals surface area contributed by atoms with E-state index in [1.807, 2.05) is 48.5 Å². The SMILES string of the molecule is O=Cc1c(Cl)c(Cl)nc2ccccc12.c1ccccc1. The first-order valence-electron chi connectivity index (χ1n) is 5.93. The lowest BCUT2D eigenvalue weighted by molar-refractivity contribution is 0.112. The standard InChI is InChI=1S/C10H5Cl2NO.C6H6/c11-9-7(5-14)6-3-1-2-4-8(6)13-10(9)12;1-2-4-6-5-3-1/h1-5H;1-6H. The van der Waals surface area contributed by atoms with Gasteiger partial charge in [0.1, 0.15) is 5.15 Å². The minimum Gasteiger partial charge on any atom is -0.298 e. The van der Waals surface area contributed by atoms with Crippen molar-refractivity contribution in [3.8, 4) is 0 Å². The van der Waals surface area contributed by atoms with Crippen molar-refractivity contribution in [2.45, 2.75) is 0 Å². The minimum atomic E-state index is 0.160. The molecule has 1 heterocycles. The molecule has 0 aliphatic carbocycles. The maximum atomic E-state index is 10.8. The Kier molecular flexibility index (Phi) is 5.10. The van der Waals surface area contributed by atoms with E-state index in [4.69, 9.17) is 23.2 Å². The van der Waals surface area contributed by atoms with Crippen LogP contribution in [0.25, 0.3) is 10.9 Å². The molecule has 0 fully saturated rings. The highest BCUT2D eigenvalue weighted by Crippen LogP contribution is 2.28. The number of rotatable bonds is 1. The van der Waals surface area contributed by atoms with Crippen molar-refractivity contribution in [1.82, 2.24) is 4.98 Å². The fourth-order valence-corrected chi connectivity index (χ4v) is 2.06. The topological polar surface area (TPSA) is 30.0 Å². The van der Waals surface area contributed by atoms with E-state index in [1.165, 1.54) is 0 Å². The third kappa shape index (κ3) is 3.35. The van der Waals surface area contributed by atoms with E-state index in [9.17, 15) is 4.79 Å². The molecule has 0 aliphatic rings. The molecule has 1 aromatic heterocycles. The van der Waals surface area contributed by atoms with Gasteiger partial charge in [0, 0.05) is 10.9 Å². The first-order valence-corrected chi connectivity index (χ1v) is 6.68. The van der Waals surface area contributed by atoms with E-state index in [0.717, 1.165) is 5.39 Å². The second kappa shape index (κ2) is 7.04. The van der Waals surface area contributed by atoms with Crippen LogP contribution in [-0.2, 0) is 0 Å². The molecule has 0 N–H and O–H groups in total. The zero-order valence-electron chi connectivity index (χ0n) is 10.5. The van der Waals surface area contributed by atoms with E-state index in [-0.39, 0.29) is 10.2 Å². The Bertz CT molecular complexity index is 688. The lowest BCUT2D eigenvalue weighted by atomic mass is 10.1. The minimum absolute atomic E-state index is 0.160. The van der Waals surface area contributed by atoms with Gasteiger partial charge in [-0.15, -0.1) is 0 Å². The summed E-state index contributed by atoms with van der Waals surface area (Å²) in [6.07, 6.45) is 0.693. The highest BCUT2D eigenvalue weighted by atomic mass is 35.5. The molecule has 0 bridgehead atoms. The molecule has 0 radical (unpaired) electrons. The number of pyridine rings is 1. The summed E-state index contributed by atoms with van der Waals surface area (Å²) in [5, 5.41) is 1.09.